The van der Waals surface area contributed by atoms with Crippen LogP contribution in [0, 0.1) is 15.9 Å². The predicted molar refractivity (Wildman–Crippen MR) is 74.7 cm³/mol. The Morgan fingerprint density at radius 3 is 2.81 bits per heavy atom. The molecule has 1 aromatic carbocycles. The Morgan fingerprint density at radius 2 is 2.14 bits per heavy atom. The van der Waals surface area contributed by atoms with Gasteiger partial charge in [0, 0.05) is 11.1 Å². The number of hydrogen-bond acceptors (Lipinski definition) is 5. The first-order valence-corrected chi connectivity index (χ1v) is 5.92. The molecule has 0 aliphatic rings. The van der Waals surface area contributed by atoms with E-state index in [1.807, 2.05) is 0 Å². The highest BCUT2D eigenvalue weighted by molar-refractivity contribution is 6.31. The second-order valence-electron chi connectivity index (χ2n) is 3.96. The van der Waals surface area contributed by atoms with Crippen molar-refractivity contribution in [2.75, 3.05) is 11.1 Å². The Balaban J connectivity index is 2.34. The van der Waals surface area contributed by atoms with Crippen LogP contribution in [-0.4, -0.2) is 15.8 Å². The first kappa shape index (κ1) is 14.7. The van der Waals surface area contributed by atoms with Gasteiger partial charge in [0.15, 0.2) is 0 Å². The third-order valence-electron chi connectivity index (χ3n) is 2.54. The van der Waals surface area contributed by atoms with Gasteiger partial charge < -0.3 is 11.1 Å². The molecule has 2 rings (SSSR count). The van der Waals surface area contributed by atoms with Crippen molar-refractivity contribution >= 4 is 34.7 Å². The van der Waals surface area contributed by atoms with Gasteiger partial charge in [-0.3, -0.25) is 14.9 Å². The van der Waals surface area contributed by atoms with Crippen LogP contribution in [0.1, 0.15) is 10.4 Å². The first-order valence-electron chi connectivity index (χ1n) is 5.55. The maximum atomic E-state index is 13.5. The van der Waals surface area contributed by atoms with E-state index in [4.69, 9.17) is 17.3 Å². The number of nitro groups is 1. The number of amides is 1. The molecule has 7 nitrogen and oxygen atoms in total. The lowest BCUT2D eigenvalue weighted by molar-refractivity contribution is -0.385. The third-order valence-corrected chi connectivity index (χ3v) is 2.77. The van der Waals surface area contributed by atoms with Crippen molar-refractivity contribution < 1.29 is 14.1 Å². The average Bonchev–Trinajstić information content (AvgIpc) is 2.43. The molecule has 0 aliphatic carbocycles. The fourth-order valence-corrected chi connectivity index (χ4v) is 1.70. The lowest BCUT2D eigenvalue weighted by Gasteiger charge is -2.08. The summed E-state index contributed by atoms with van der Waals surface area (Å²) in [6.07, 6.45) is 0.923. The van der Waals surface area contributed by atoms with Crippen molar-refractivity contribution in [1.29, 1.82) is 0 Å². The van der Waals surface area contributed by atoms with E-state index < -0.39 is 22.3 Å². The van der Waals surface area contributed by atoms with Crippen LogP contribution >= 0.6 is 11.6 Å². The quantitative estimate of drug-likeness (QED) is 0.668. The largest absolute Gasteiger partial charge is 0.383 e. The highest BCUT2D eigenvalue weighted by Gasteiger charge is 2.18. The van der Waals surface area contributed by atoms with Crippen LogP contribution in [0.25, 0.3) is 0 Å². The van der Waals surface area contributed by atoms with Gasteiger partial charge in [-0.1, -0.05) is 11.6 Å². The maximum Gasteiger partial charge on any atom is 0.288 e. The minimum absolute atomic E-state index is 0.168. The number of nitrogen functional groups attached to an aromatic ring is 1. The van der Waals surface area contributed by atoms with E-state index in [0.29, 0.717) is 0 Å². The van der Waals surface area contributed by atoms with Crippen molar-refractivity contribution in [1.82, 2.24) is 4.98 Å². The molecule has 1 heterocycles. The minimum atomic E-state index is -0.829. The average molecular weight is 311 g/mol. The molecular weight excluding hydrogens is 303 g/mol. The smallest absolute Gasteiger partial charge is 0.288 e. The number of nitrogens with two attached hydrogens (primary N) is 1. The van der Waals surface area contributed by atoms with E-state index >= 15 is 0 Å². The number of benzene rings is 1. The van der Waals surface area contributed by atoms with E-state index in [2.05, 4.69) is 10.3 Å². The number of nitrogens with one attached hydrogen (secondary N) is 1. The van der Waals surface area contributed by atoms with Crippen LogP contribution < -0.4 is 11.1 Å². The molecule has 0 aliphatic heterocycles. The van der Waals surface area contributed by atoms with Gasteiger partial charge in [-0.15, -0.1) is 0 Å². The van der Waals surface area contributed by atoms with Crippen molar-refractivity contribution in [3.8, 4) is 0 Å². The molecule has 0 spiro atoms. The summed E-state index contributed by atoms with van der Waals surface area (Å²) < 4.78 is 13.5. The number of carbonyl (C=O) groups excluding carboxylic acids is 1. The highest BCUT2D eigenvalue weighted by atomic mass is 35.5. The Morgan fingerprint density at radius 1 is 1.43 bits per heavy atom. The van der Waals surface area contributed by atoms with Gasteiger partial charge >= 0.3 is 0 Å². The van der Waals surface area contributed by atoms with E-state index in [-0.39, 0.29) is 22.1 Å². The van der Waals surface area contributed by atoms with E-state index in [1.165, 1.54) is 12.1 Å². The van der Waals surface area contributed by atoms with Crippen LogP contribution in [0.3, 0.4) is 0 Å². The molecule has 0 unspecified atom stereocenters. The van der Waals surface area contributed by atoms with Gasteiger partial charge in [0.1, 0.15) is 17.8 Å². The Kier molecular flexibility index (Phi) is 3.99. The molecule has 0 saturated carbocycles. The van der Waals surface area contributed by atoms with Crippen molar-refractivity contribution in [2.24, 2.45) is 0 Å². The molecule has 0 bridgehead atoms. The number of rotatable bonds is 3. The number of pyridine rings is 1. The number of anilines is 2. The normalized spacial score (nSPS) is 10.2. The standard InChI is InChI=1S/C12H8ClFN4O3/c13-6-1-2-9(14)10(3-6)17-12(19)8-4-7(18(20)21)5-16-11(8)15/h1-5H,(H2,15,16)(H,17,19). The summed E-state index contributed by atoms with van der Waals surface area (Å²) in [6, 6.07) is 4.55. The molecule has 0 fully saturated rings. The second kappa shape index (κ2) is 5.71. The fraction of sp³-hybridized carbons (Fsp3) is 0. The maximum absolute atomic E-state index is 13.5. The number of hydrogen-bond donors (Lipinski definition) is 2. The van der Waals surface area contributed by atoms with Gasteiger partial charge in [0.2, 0.25) is 0 Å². The summed E-state index contributed by atoms with van der Waals surface area (Å²) in [4.78, 5) is 25.5. The summed E-state index contributed by atoms with van der Waals surface area (Å²) in [7, 11) is 0. The molecule has 1 aromatic heterocycles. The van der Waals surface area contributed by atoms with E-state index in [1.54, 1.807) is 0 Å². The SMILES string of the molecule is Nc1ncc([N+](=O)[O-])cc1C(=O)Nc1cc(Cl)ccc1F. The molecule has 9 heteroatoms. The van der Waals surface area contributed by atoms with Gasteiger partial charge in [-0.2, -0.15) is 0 Å². The Hall–Kier alpha value is -2.74. The van der Waals surface area contributed by atoms with E-state index in [9.17, 15) is 19.3 Å². The van der Waals surface area contributed by atoms with Gasteiger partial charge in [-0.05, 0) is 18.2 Å². The highest BCUT2D eigenvalue weighted by Crippen LogP contribution is 2.22. The molecule has 0 saturated heterocycles. The number of halogens is 2. The monoisotopic (exact) mass is 310 g/mol. The molecule has 1 amide bonds. The molecule has 2 aromatic rings. The summed E-state index contributed by atoms with van der Waals surface area (Å²) in [6.45, 7) is 0. The third kappa shape index (κ3) is 3.23. The van der Waals surface area contributed by atoms with Crippen LogP contribution in [0.15, 0.2) is 30.5 Å². The first-order chi connectivity index (χ1) is 9.88. The summed E-state index contributed by atoms with van der Waals surface area (Å²) in [5.41, 5.74) is 4.69. The predicted octanol–water partition coefficient (Wildman–Crippen LogP) is 2.62. The lowest BCUT2D eigenvalue weighted by Crippen LogP contribution is -2.16. The molecule has 3 N–H and O–H groups in total. The summed E-state index contributed by atoms with van der Waals surface area (Å²) in [5.74, 6) is -1.74. The van der Waals surface area contributed by atoms with Gasteiger partial charge in [0.25, 0.3) is 11.6 Å². The molecule has 0 radical (unpaired) electrons. The number of carbonyl (C=O) groups is 1. The molecule has 21 heavy (non-hydrogen) atoms. The molecule has 108 valence electrons. The van der Waals surface area contributed by atoms with Crippen LogP contribution in [0.2, 0.25) is 5.02 Å². The Bertz CT molecular complexity index is 738. The van der Waals surface area contributed by atoms with Crippen LogP contribution in [0.5, 0.6) is 0 Å². The van der Waals surface area contributed by atoms with Crippen molar-refractivity contribution in [3.05, 3.63) is 57.0 Å². The Labute approximate surface area is 122 Å². The van der Waals surface area contributed by atoms with Crippen molar-refractivity contribution in [2.45, 2.75) is 0 Å². The zero-order valence-electron chi connectivity index (χ0n) is 10.3. The van der Waals surface area contributed by atoms with Gasteiger partial charge in [-0.25, -0.2) is 9.37 Å². The van der Waals surface area contributed by atoms with E-state index in [0.717, 1.165) is 18.3 Å². The minimum Gasteiger partial charge on any atom is -0.383 e. The zero-order valence-corrected chi connectivity index (χ0v) is 11.1. The lowest BCUT2D eigenvalue weighted by atomic mass is 10.2. The number of aromatic nitrogens is 1. The zero-order chi connectivity index (χ0) is 15.6. The van der Waals surface area contributed by atoms with Crippen LogP contribution in [-0.2, 0) is 0 Å². The van der Waals surface area contributed by atoms with Gasteiger partial charge in [0.05, 0.1) is 16.2 Å². The topological polar surface area (TPSA) is 111 Å². The van der Waals surface area contributed by atoms with Crippen molar-refractivity contribution in [3.63, 3.8) is 0 Å². The molecule has 0 atom stereocenters. The summed E-state index contributed by atoms with van der Waals surface area (Å²) in [5, 5.41) is 13.1. The van der Waals surface area contributed by atoms with Crippen LogP contribution in [0.4, 0.5) is 21.6 Å². The second-order valence-corrected chi connectivity index (χ2v) is 4.40. The number of nitrogens with zero attached hydrogens (tertiary/aromatic N) is 2. The summed E-state index contributed by atoms with van der Waals surface area (Å²) >= 11 is 5.70. The fourth-order valence-electron chi connectivity index (χ4n) is 1.53. The molecular formula is C12H8ClFN4O3.